The molecule has 1 amide bonds. The van der Waals surface area contributed by atoms with Gasteiger partial charge >= 0.3 is 5.97 Å². The van der Waals surface area contributed by atoms with E-state index in [9.17, 15) is 9.59 Å². The van der Waals surface area contributed by atoms with E-state index in [2.05, 4.69) is 0 Å². The number of carboxylic acid groups (broad SMARTS) is 1. The maximum absolute atomic E-state index is 12.1. The van der Waals surface area contributed by atoms with Crippen LogP contribution in [-0.4, -0.2) is 35.0 Å². The van der Waals surface area contributed by atoms with Crippen LogP contribution in [0.25, 0.3) is 0 Å². The SMILES string of the molecule is CC(C)CC(CC(=O)N1CCCCCC1)C(=O)O. The fourth-order valence-electron chi connectivity index (χ4n) is 2.50. The van der Waals surface area contributed by atoms with Gasteiger partial charge in [0.05, 0.1) is 5.92 Å². The molecule has 18 heavy (non-hydrogen) atoms. The Labute approximate surface area is 109 Å². The Morgan fingerprint density at radius 2 is 1.67 bits per heavy atom. The highest BCUT2D eigenvalue weighted by Crippen LogP contribution is 2.18. The smallest absolute Gasteiger partial charge is 0.307 e. The second-order valence-electron chi connectivity index (χ2n) is 5.66. The number of nitrogens with zero attached hydrogens (tertiary/aromatic N) is 1. The molecule has 0 aromatic rings. The quantitative estimate of drug-likeness (QED) is 0.821. The van der Waals surface area contributed by atoms with Crippen molar-refractivity contribution in [3.63, 3.8) is 0 Å². The molecule has 4 nitrogen and oxygen atoms in total. The van der Waals surface area contributed by atoms with Crippen LogP contribution in [0.1, 0.15) is 52.4 Å². The highest BCUT2D eigenvalue weighted by molar-refractivity contribution is 5.82. The van der Waals surface area contributed by atoms with Crippen LogP contribution in [0.2, 0.25) is 0 Å². The molecule has 4 heteroatoms. The van der Waals surface area contributed by atoms with E-state index in [1.165, 1.54) is 12.8 Å². The molecule has 1 saturated heterocycles. The Morgan fingerprint density at radius 1 is 1.11 bits per heavy atom. The third-order valence-corrected chi connectivity index (χ3v) is 3.48. The summed E-state index contributed by atoms with van der Waals surface area (Å²) in [5.41, 5.74) is 0. The lowest BCUT2D eigenvalue weighted by Crippen LogP contribution is -2.34. The Kier molecular flexibility index (Phi) is 6.16. The summed E-state index contributed by atoms with van der Waals surface area (Å²) in [4.78, 5) is 25.1. The van der Waals surface area contributed by atoms with Crippen LogP contribution in [0.15, 0.2) is 0 Å². The molecule has 0 saturated carbocycles. The van der Waals surface area contributed by atoms with Gasteiger partial charge in [0, 0.05) is 19.5 Å². The van der Waals surface area contributed by atoms with Gasteiger partial charge in [0.2, 0.25) is 5.91 Å². The van der Waals surface area contributed by atoms with Gasteiger partial charge in [-0.25, -0.2) is 0 Å². The largest absolute Gasteiger partial charge is 0.481 e. The molecule has 1 N–H and O–H groups in total. The van der Waals surface area contributed by atoms with Crippen molar-refractivity contribution in [1.82, 2.24) is 4.90 Å². The van der Waals surface area contributed by atoms with Gasteiger partial charge in [-0.1, -0.05) is 26.7 Å². The average molecular weight is 255 g/mol. The van der Waals surface area contributed by atoms with Gasteiger partial charge in [0.1, 0.15) is 0 Å². The lowest BCUT2D eigenvalue weighted by molar-refractivity contribution is -0.146. The molecule has 1 fully saturated rings. The predicted molar refractivity (Wildman–Crippen MR) is 70.2 cm³/mol. The lowest BCUT2D eigenvalue weighted by Gasteiger charge is -2.23. The Morgan fingerprint density at radius 3 is 2.11 bits per heavy atom. The highest BCUT2D eigenvalue weighted by Gasteiger charge is 2.25. The number of likely N-dealkylation sites (tertiary alicyclic amines) is 1. The van der Waals surface area contributed by atoms with Gasteiger partial charge in [0.25, 0.3) is 0 Å². The van der Waals surface area contributed by atoms with Crippen LogP contribution in [0, 0.1) is 11.8 Å². The van der Waals surface area contributed by atoms with Crippen molar-refractivity contribution in [3.05, 3.63) is 0 Å². The van der Waals surface area contributed by atoms with Crippen LogP contribution >= 0.6 is 0 Å². The third-order valence-electron chi connectivity index (χ3n) is 3.48. The molecule has 1 atom stereocenters. The third kappa shape index (κ3) is 5.07. The zero-order valence-corrected chi connectivity index (χ0v) is 11.5. The van der Waals surface area contributed by atoms with Crippen LogP contribution in [-0.2, 0) is 9.59 Å². The number of hydrogen-bond donors (Lipinski definition) is 1. The molecule has 0 spiro atoms. The van der Waals surface area contributed by atoms with E-state index in [1.54, 1.807) is 0 Å². The van der Waals surface area contributed by atoms with Gasteiger partial charge in [-0.3, -0.25) is 9.59 Å². The van der Waals surface area contributed by atoms with E-state index >= 15 is 0 Å². The van der Waals surface area contributed by atoms with Crippen molar-refractivity contribution < 1.29 is 14.7 Å². The first-order chi connectivity index (χ1) is 8.50. The van der Waals surface area contributed by atoms with E-state index < -0.39 is 11.9 Å². The van der Waals surface area contributed by atoms with Crippen LogP contribution in [0.3, 0.4) is 0 Å². The molecule has 1 heterocycles. The highest BCUT2D eigenvalue weighted by atomic mass is 16.4. The number of hydrogen-bond acceptors (Lipinski definition) is 2. The molecule has 0 aromatic carbocycles. The van der Waals surface area contributed by atoms with Crippen molar-refractivity contribution in [3.8, 4) is 0 Å². The monoisotopic (exact) mass is 255 g/mol. The van der Waals surface area contributed by atoms with Crippen LogP contribution < -0.4 is 0 Å². The van der Waals surface area contributed by atoms with Crippen molar-refractivity contribution in [1.29, 1.82) is 0 Å². The normalized spacial score (nSPS) is 18.5. The minimum absolute atomic E-state index is 0.0185. The molecular weight excluding hydrogens is 230 g/mol. The van der Waals surface area contributed by atoms with Gasteiger partial charge in [-0.2, -0.15) is 0 Å². The Hall–Kier alpha value is -1.06. The lowest BCUT2D eigenvalue weighted by atomic mass is 9.94. The van der Waals surface area contributed by atoms with E-state index in [1.807, 2.05) is 18.7 Å². The summed E-state index contributed by atoms with van der Waals surface area (Å²) in [5, 5.41) is 9.15. The number of carbonyl (C=O) groups is 2. The zero-order chi connectivity index (χ0) is 13.5. The fraction of sp³-hybridized carbons (Fsp3) is 0.857. The summed E-state index contributed by atoms with van der Waals surface area (Å²) in [7, 11) is 0. The summed E-state index contributed by atoms with van der Waals surface area (Å²) in [6.45, 7) is 5.58. The van der Waals surface area contributed by atoms with Gasteiger partial charge in [-0.15, -0.1) is 0 Å². The summed E-state index contributed by atoms with van der Waals surface area (Å²) >= 11 is 0. The molecular formula is C14H25NO3. The maximum Gasteiger partial charge on any atom is 0.307 e. The number of amides is 1. The minimum atomic E-state index is -0.841. The maximum atomic E-state index is 12.1. The first-order valence-corrected chi connectivity index (χ1v) is 7.01. The van der Waals surface area contributed by atoms with Crippen molar-refractivity contribution >= 4 is 11.9 Å². The molecule has 1 aliphatic heterocycles. The molecule has 104 valence electrons. The number of rotatable bonds is 5. The minimum Gasteiger partial charge on any atom is -0.481 e. The number of aliphatic carboxylic acids is 1. The molecule has 1 unspecified atom stereocenters. The molecule has 0 aromatic heterocycles. The topological polar surface area (TPSA) is 57.6 Å². The molecule has 0 radical (unpaired) electrons. The molecule has 1 rings (SSSR count). The molecule has 0 aliphatic carbocycles. The first kappa shape index (κ1) is 15.0. The fourth-order valence-corrected chi connectivity index (χ4v) is 2.50. The Bertz CT molecular complexity index is 281. The first-order valence-electron chi connectivity index (χ1n) is 7.01. The second kappa shape index (κ2) is 7.39. The Balaban J connectivity index is 2.51. The van der Waals surface area contributed by atoms with Crippen LogP contribution in [0.4, 0.5) is 0 Å². The number of carbonyl (C=O) groups excluding carboxylic acids is 1. The number of carboxylic acids is 1. The summed E-state index contributed by atoms with van der Waals surface area (Å²) in [6, 6.07) is 0. The van der Waals surface area contributed by atoms with E-state index in [0.717, 1.165) is 25.9 Å². The summed E-state index contributed by atoms with van der Waals surface area (Å²) < 4.78 is 0. The zero-order valence-electron chi connectivity index (χ0n) is 11.5. The van der Waals surface area contributed by atoms with E-state index in [-0.39, 0.29) is 12.3 Å². The molecule has 1 aliphatic rings. The van der Waals surface area contributed by atoms with Gasteiger partial charge < -0.3 is 10.0 Å². The van der Waals surface area contributed by atoms with Gasteiger partial charge in [-0.05, 0) is 25.2 Å². The van der Waals surface area contributed by atoms with Gasteiger partial charge in [0.15, 0.2) is 0 Å². The standard InChI is InChI=1S/C14H25NO3/c1-11(2)9-12(14(17)18)10-13(16)15-7-5-3-4-6-8-15/h11-12H,3-10H2,1-2H3,(H,17,18). The summed E-state index contributed by atoms with van der Waals surface area (Å²) in [6.07, 6.45) is 5.19. The van der Waals surface area contributed by atoms with Crippen molar-refractivity contribution in [2.45, 2.75) is 52.4 Å². The average Bonchev–Trinajstić information content (AvgIpc) is 2.55. The molecule has 0 bridgehead atoms. The van der Waals surface area contributed by atoms with Crippen molar-refractivity contribution in [2.24, 2.45) is 11.8 Å². The van der Waals surface area contributed by atoms with E-state index in [0.29, 0.717) is 12.3 Å². The van der Waals surface area contributed by atoms with E-state index in [4.69, 9.17) is 5.11 Å². The van der Waals surface area contributed by atoms with Crippen LogP contribution in [0.5, 0.6) is 0 Å². The predicted octanol–water partition coefficient (Wildman–Crippen LogP) is 2.53. The summed E-state index contributed by atoms with van der Waals surface area (Å²) in [5.74, 6) is -1.04. The second-order valence-corrected chi connectivity index (χ2v) is 5.66. The van der Waals surface area contributed by atoms with Crippen molar-refractivity contribution in [2.75, 3.05) is 13.1 Å².